The number of ether oxygens (including phenoxy) is 3. The third-order valence-corrected chi connectivity index (χ3v) is 11.1. The van der Waals surface area contributed by atoms with Gasteiger partial charge in [-0.1, -0.05) is 146 Å². The molecule has 8 aromatic rings. The fourth-order valence-electron chi connectivity index (χ4n) is 7.98. The average molecular weight is 800 g/mol. The molecule has 2 heterocycles. The molecule has 0 aliphatic rings. The zero-order valence-electron chi connectivity index (χ0n) is 33.5. The van der Waals surface area contributed by atoms with Crippen LogP contribution >= 0.6 is 0 Å². The number of aromatic amines is 1. The fourth-order valence-corrected chi connectivity index (χ4v) is 7.98. The number of hydrogen-bond acceptors (Lipinski definition) is 7. The van der Waals surface area contributed by atoms with Gasteiger partial charge in [0.25, 0.3) is 5.56 Å². The minimum absolute atomic E-state index is 0.109. The SMILES string of the molecule is COc1ccc(C(Nc2nc3c(ncn3CCC(C[19F])COC(c3ccccc3)(c3ccccc3)c3ccc(OC)cc3)c(=O)[nH]2)(c2ccccc2)c2ccccc2)cc1. The van der Waals surface area contributed by atoms with Crippen LogP contribution in [0.15, 0.2) is 181 Å². The zero-order valence-corrected chi connectivity index (χ0v) is 33.5. The monoisotopic (exact) mass is 799 g/mol. The molecule has 0 spiro atoms. The summed E-state index contributed by atoms with van der Waals surface area (Å²) in [6.45, 7) is -0.163. The van der Waals surface area contributed by atoms with Gasteiger partial charge in [-0.25, -0.2) is 4.98 Å². The second-order valence-corrected chi connectivity index (χ2v) is 14.6. The van der Waals surface area contributed by atoms with Crippen molar-refractivity contribution in [2.75, 3.05) is 32.8 Å². The number of aryl methyl sites for hydroxylation is 1. The largest absolute Gasteiger partial charge is 0.497 e. The van der Waals surface area contributed by atoms with E-state index in [1.807, 2.05) is 174 Å². The smallest absolute Gasteiger partial charge is 0.280 e. The van der Waals surface area contributed by atoms with E-state index < -0.39 is 29.3 Å². The highest BCUT2D eigenvalue weighted by Gasteiger charge is 2.39. The van der Waals surface area contributed by atoms with Crippen LogP contribution in [0.2, 0.25) is 0 Å². The fraction of sp³-hybridized carbons (Fsp3) is 0.180. The Bertz CT molecular complexity index is 2580. The minimum atomic E-state index is -1.03. The van der Waals surface area contributed by atoms with Crippen molar-refractivity contribution in [1.29, 1.82) is 0 Å². The number of nitrogens with zero attached hydrogens (tertiary/aromatic N) is 3. The Kier molecular flexibility index (Phi) is 11.8. The van der Waals surface area contributed by atoms with E-state index in [0.717, 1.165) is 39.1 Å². The van der Waals surface area contributed by atoms with Gasteiger partial charge in [0.2, 0.25) is 5.95 Å². The number of methoxy groups -OCH3 is 2. The number of halogens is 1. The Morgan fingerprint density at radius 1 is 0.650 bits per heavy atom. The number of benzene rings is 6. The van der Waals surface area contributed by atoms with Crippen molar-refractivity contribution >= 4 is 17.1 Å². The van der Waals surface area contributed by atoms with E-state index in [1.54, 1.807) is 20.5 Å². The number of rotatable bonds is 17. The highest BCUT2D eigenvalue weighted by molar-refractivity contribution is 5.71. The molecule has 0 saturated heterocycles. The molecule has 1 atom stereocenters. The van der Waals surface area contributed by atoms with Crippen LogP contribution in [0, 0.1) is 5.92 Å². The molecule has 0 radical (unpaired) electrons. The molecule has 8 rings (SSSR count). The summed E-state index contributed by atoms with van der Waals surface area (Å²) < 4.78 is 34.9. The molecule has 2 aromatic heterocycles. The van der Waals surface area contributed by atoms with E-state index in [0.29, 0.717) is 24.4 Å². The summed E-state index contributed by atoms with van der Waals surface area (Å²) in [6, 6.07) is 55.7. The quantitative estimate of drug-likeness (QED) is 0.0885. The number of aromatic nitrogens is 4. The zero-order chi connectivity index (χ0) is 41.4. The molecule has 0 aliphatic heterocycles. The second kappa shape index (κ2) is 17.8. The van der Waals surface area contributed by atoms with Crippen molar-refractivity contribution in [1.82, 2.24) is 19.5 Å². The van der Waals surface area contributed by atoms with Crippen LogP contribution in [0.1, 0.15) is 39.8 Å². The average Bonchev–Trinajstić information content (AvgIpc) is 3.74. The van der Waals surface area contributed by atoms with Crippen LogP contribution in [-0.4, -0.2) is 47.0 Å². The predicted molar refractivity (Wildman–Crippen MR) is 233 cm³/mol. The number of H-pyrrole nitrogens is 1. The van der Waals surface area contributed by atoms with Gasteiger partial charge in [-0.2, -0.15) is 4.98 Å². The summed E-state index contributed by atoms with van der Waals surface area (Å²) in [5, 5.41) is 3.66. The number of nitrogens with one attached hydrogen (secondary N) is 2. The van der Waals surface area contributed by atoms with Gasteiger partial charge in [0.1, 0.15) is 22.6 Å². The molecule has 0 bridgehead atoms. The van der Waals surface area contributed by atoms with E-state index in [-0.39, 0.29) is 18.1 Å². The Balaban J connectivity index is 1.12. The van der Waals surface area contributed by atoms with Crippen LogP contribution in [-0.2, 0) is 22.4 Å². The van der Waals surface area contributed by atoms with Gasteiger partial charge < -0.3 is 24.1 Å². The number of imidazole rings is 1. The molecule has 0 fully saturated rings. The third kappa shape index (κ3) is 7.77. The van der Waals surface area contributed by atoms with Crippen molar-refractivity contribution < 1.29 is 18.6 Å². The Hall–Kier alpha value is -7.04. The molecule has 10 heteroatoms. The molecular weight excluding hydrogens is 754 g/mol. The summed E-state index contributed by atoms with van der Waals surface area (Å²) in [5.41, 5.74) is 3.64. The number of anilines is 1. The Morgan fingerprint density at radius 2 is 1.10 bits per heavy atom. The topological polar surface area (TPSA) is 103 Å². The molecule has 1 unspecified atom stereocenters. The first-order valence-corrected chi connectivity index (χ1v) is 19.9. The maximum atomic E-state index is 15.1. The normalized spacial score (nSPS) is 12.2. The summed E-state index contributed by atoms with van der Waals surface area (Å²) in [6.07, 6.45) is 1.98. The number of fused-ring (bicyclic) bond motifs is 1. The Morgan fingerprint density at radius 3 is 1.58 bits per heavy atom. The molecule has 0 aliphatic carbocycles. The molecule has 0 amide bonds. The summed E-state index contributed by atoms with van der Waals surface area (Å²) in [5.74, 6) is 1.19. The van der Waals surface area contributed by atoms with Gasteiger partial charge in [-0.3, -0.25) is 14.2 Å². The number of hydrogen-bond donors (Lipinski definition) is 2. The van der Waals surface area contributed by atoms with Gasteiger partial charge in [0.15, 0.2) is 11.2 Å². The van der Waals surface area contributed by atoms with Gasteiger partial charge in [0, 0.05) is 12.5 Å². The minimum Gasteiger partial charge on any atom is -0.497 e. The van der Waals surface area contributed by atoms with Crippen LogP contribution in [0.3, 0.4) is 0 Å². The molecule has 9 nitrogen and oxygen atoms in total. The van der Waals surface area contributed by atoms with Crippen molar-refractivity contribution in [3.63, 3.8) is 0 Å². The van der Waals surface area contributed by atoms with Crippen molar-refractivity contribution in [3.8, 4) is 11.5 Å². The Labute approximate surface area is 348 Å². The van der Waals surface area contributed by atoms with Gasteiger partial charge in [0.05, 0.1) is 33.8 Å². The summed E-state index contributed by atoms with van der Waals surface area (Å²) >= 11 is 0. The highest BCUT2D eigenvalue weighted by Crippen LogP contribution is 2.42. The molecule has 2 N–H and O–H groups in total. The van der Waals surface area contributed by atoms with Gasteiger partial charge in [-0.15, -0.1) is 0 Å². The molecule has 0 saturated carbocycles. The number of alkyl halides is 1. The van der Waals surface area contributed by atoms with E-state index in [9.17, 15) is 4.79 Å². The lowest BCUT2D eigenvalue weighted by atomic mass is 9.77. The van der Waals surface area contributed by atoms with E-state index in [1.165, 1.54) is 0 Å². The first-order valence-electron chi connectivity index (χ1n) is 19.9. The van der Waals surface area contributed by atoms with Crippen LogP contribution < -0.4 is 20.3 Å². The van der Waals surface area contributed by atoms with Gasteiger partial charge >= 0.3 is 0 Å². The third-order valence-electron chi connectivity index (χ3n) is 11.1. The summed E-state index contributed by atoms with van der Waals surface area (Å²) in [4.78, 5) is 26.1. The molecular formula is C50H46FN5O4. The standard InChI is InChI=1S/C50H46FN5O4/c1-58-43-27-23-39(24-28-43)49(37-15-7-3-8-16-37,38-17-9-4-10-18-38)55-48-53-46-45(47(57)54-48)52-35-56(46)32-31-36(33-51)34-60-50(40-19-11-5-12-20-40,41-21-13-6-14-22-41)42-25-29-44(59-2)30-26-42/h3-30,35-36H,31-34H2,1-2H3,(H2,53,54,55,57)/i51+0. The highest BCUT2D eigenvalue weighted by atomic mass is 19.1. The van der Waals surface area contributed by atoms with Crippen LogP contribution in [0.5, 0.6) is 11.5 Å². The maximum absolute atomic E-state index is 15.1. The van der Waals surface area contributed by atoms with Crippen molar-refractivity contribution in [2.45, 2.75) is 24.1 Å². The van der Waals surface area contributed by atoms with E-state index in [4.69, 9.17) is 19.2 Å². The molecule has 60 heavy (non-hydrogen) atoms. The van der Waals surface area contributed by atoms with Crippen molar-refractivity contribution in [2.24, 2.45) is 5.92 Å². The summed E-state index contributed by atoms with van der Waals surface area (Å²) in [7, 11) is 3.27. The lowest BCUT2D eigenvalue weighted by Crippen LogP contribution is -2.39. The van der Waals surface area contributed by atoms with Crippen LogP contribution in [0.25, 0.3) is 11.2 Å². The second-order valence-electron chi connectivity index (χ2n) is 14.6. The maximum Gasteiger partial charge on any atom is 0.280 e. The van der Waals surface area contributed by atoms with Gasteiger partial charge in [-0.05, 0) is 64.1 Å². The molecule has 302 valence electrons. The predicted octanol–water partition coefficient (Wildman–Crippen LogP) is 9.53. The van der Waals surface area contributed by atoms with E-state index in [2.05, 4.69) is 15.3 Å². The first-order chi connectivity index (χ1) is 29.5. The van der Waals surface area contributed by atoms with E-state index >= 15 is 4.39 Å². The molecule has 6 aromatic carbocycles. The first kappa shape index (κ1) is 39.8. The van der Waals surface area contributed by atoms with Crippen molar-refractivity contribution in [3.05, 3.63) is 220 Å². The van der Waals surface area contributed by atoms with Crippen LogP contribution in [0.4, 0.5) is 10.3 Å². The lowest BCUT2D eigenvalue weighted by molar-refractivity contribution is -0.0145. The lowest BCUT2D eigenvalue weighted by Gasteiger charge is -2.37.